The van der Waals surface area contributed by atoms with Crippen molar-refractivity contribution in [2.24, 2.45) is 5.90 Å². The van der Waals surface area contributed by atoms with Crippen LogP contribution in [0.4, 0.5) is 0 Å². The number of hydrogen-bond donors (Lipinski definition) is 2. The third-order valence-electron chi connectivity index (χ3n) is 2.70. The van der Waals surface area contributed by atoms with Gasteiger partial charge in [0.1, 0.15) is 0 Å². The summed E-state index contributed by atoms with van der Waals surface area (Å²) in [6.07, 6.45) is 0. The van der Waals surface area contributed by atoms with Gasteiger partial charge in [-0.05, 0) is 27.7 Å². The fourth-order valence-corrected chi connectivity index (χ4v) is 1.56. The monoisotopic (exact) mass is 197 g/mol. The molecule has 0 radical (unpaired) electrons. The van der Waals surface area contributed by atoms with E-state index in [0.29, 0.717) is 11.5 Å². The average molecular weight is 197 g/mol. The second-order valence-electron chi connectivity index (χ2n) is 3.37. The highest BCUT2D eigenvalue weighted by Gasteiger charge is 2.16. The van der Waals surface area contributed by atoms with Crippen LogP contribution in [0, 0.1) is 27.7 Å². The lowest BCUT2D eigenvalue weighted by molar-refractivity contribution is -0.138. The Kier molecular flexibility index (Phi) is 2.98. The van der Waals surface area contributed by atoms with Crippen molar-refractivity contribution in [3.63, 3.8) is 0 Å². The molecule has 0 heterocycles. The second kappa shape index (κ2) is 3.86. The summed E-state index contributed by atoms with van der Waals surface area (Å²) in [6.45, 7) is 7.42. The molecule has 1 aromatic carbocycles. The minimum atomic E-state index is 0.473. The highest BCUT2D eigenvalue weighted by molar-refractivity contribution is 5.57. The molecule has 0 saturated carbocycles. The molecular weight excluding hydrogens is 182 g/mol. The van der Waals surface area contributed by atoms with Crippen LogP contribution in [0.3, 0.4) is 0 Å². The molecule has 0 unspecified atom stereocenters. The molecule has 0 fully saturated rings. The molecule has 0 amide bonds. The Hall–Kier alpha value is -1.26. The Morgan fingerprint density at radius 1 is 0.857 bits per heavy atom. The highest BCUT2D eigenvalue weighted by Crippen LogP contribution is 2.36. The molecule has 0 aliphatic rings. The molecule has 1 rings (SSSR count). The molecule has 3 N–H and O–H groups in total. The fraction of sp³-hybridized carbons (Fsp3) is 0.400. The Morgan fingerprint density at radius 2 is 1.21 bits per heavy atom. The van der Waals surface area contributed by atoms with Crippen molar-refractivity contribution in [1.82, 2.24) is 0 Å². The first-order valence-electron chi connectivity index (χ1n) is 4.33. The van der Waals surface area contributed by atoms with Crippen LogP contribution < -0.4 is 15.6 Å². The predicted molar refractivity (Wildman–Crippen MR) is 53.5 cm³/mol. The van der Waals surface area contributed by atoms with Crippen LogP contribution in [-0.4, -0.2) is 5.26 Å². The van der Waals surface area contributed by atoms with E-state index in [1.165, 1.54) is 0 Å². The van der Waals surface area contributed by atoms with Gasteiger partial charge in [0.05, 0.1) is 0 Å². The molecule has 0 aliphatic carbocycles. The molecule has 0 atom stereocenters. The average Bonchev–Trinajstić information content (AvgIpc) is 2.17. The summed E-state index contributed by atoms with van der Waals surface area (Å²) in [5.41, 5.74) is 3.41. The molecule has 78 valence electrons. The first-order chi connectivity index (χ1) is 6.54. The van der Waals surface area contributed by atoms with E-state index in [2.05, 4.69) is 4.89 Å². The highest BCUT2D eigenvalue weighted by atomic mass is 17.1. The van der Waals surface area contributed by atoms with Crippen LogP contribution in [0.15, 0.2) is 0 Å². The Morgan fingerprint density at radius 3 is 1.50 bits per heavy atom. The number of rotatable bonds is 2. The summed E-state index contributed by atoms with van der Waals surface area (Å²) in [5, 5.41) is 8.74. The molecule has 0 bridgehead atoms. The molecule has 14 heavy (non-hydrogen) atoms. The maximum absolute atomic E-state index is 8.74. The van der Waals surface area contributed by atoms with E-state index in [4.69, 9.17) is 16.0 Å². The molecule has 0 aromatic heterocycles. The fourth-order valence-electron chi connectivity index (χ4n) is 1.56. The van der Waals surface area contributed by atoms with Gasteiger partial charge in [0.25, 0.3) is 0 Å². The number of hydrogen-bond acceptors (Lipinski definition) is 4. The number of nitrogens with two attached hydrogens (primary N) is 1. The van der Waals surface area contributed by atoms with Crippen LogP contribution in [0.2, 0.25) is 0 Å². The minimum Gasteiger partial charge on any atom is -0.411 e. The Labute approximate surface area is 83.1 Å². The van der Waals surface area contributed by atoms with Crippen molar-refractivity contribution in [3.8, 4) is 11.5 Å². The number of benzene rings is 1. The lowest BCUT2D eigenvalue weighted by Gasteiger charge is -2.16. The quantitative estimate of drug-likeness (QED) is 0.562. The van der Waals surface area contributed by atoms with E-state index in [1.807, 2.05) is 27.7 Å². The van der Waals surface area contributed by atoms with Crippen molar-refractivity contribution in [2.75, 3.05) is 0 Å². The van der Waals surface area contributed by atoms with Crippen LogP contribution in [0.25, 0.3) is 0 Å². The van der Waals surface area contributed by atoms with Crippen molar-refractivity contribution >= 4 is 0 Å². The Balaban J connectivity index is 3.55. The van der Waals surface area contributed by atoms with Gasteiger partial charge in [0, 0.05) is 22.3 Å². The zero-order valence-corrected chi connectivity index (χ0v) is 8.84. The van der Waals surface area contributed by atoms with Gasteiger partial charge in [-0.25, -0.2) is 5.26 Å². The zero-order chi connectivity index (χ0) is 10.9. The summed E-state index contributed by atoms with van der Waals surface area (Å²) < 4.78 is 0. The molecule has 0 spiro atoms. The van der Waals surface area contributed by atoms with E-state index < -0.39 is 0 Å². The first kappa shape index (κ1) is 10.8. The summed E-state index contributed by atoms with van der Waals surface area (Å²) >= 11 is 0. The van der Waals surface area contributed by atoms with Crippen molar-refractivity contribution in [3.05, 3.63) is 22.3 Å². The molecule has 0 saturated heterocycles. The predicted octanol–water partition coefficient (Wildman–Crippen LogP) is 2.02. The third-order valence-corrected chi connectivity index (χ3v) is 2.70. The van der Waals surface area contributed by atoms with Gasteiger partial charge in [-0.15, -0.1) is 0 Å². The van der Waals surface area contributed by atoms with Crippen molar-refractivity contribution < 1.29 is 15.0 Å². The molecule has 0 aliphatic heterocycles. The van der Waals surface area contributed by atoms with Gasteiger partial charge in [-0.1, -0.05) is 0 Å². The molecule has 4 heteroatoms. The topological polar surface area (TPSA) is 64.7 Å². The van der Waals surface area contributed by atoms with Gasteiger partial charge in [0.2, 0.25) is 0 Å². The van der Waals surface area contributed by atoms with E-state index in [-0.39, 0.29) is 0 Å². The van der Waals surface area contributed by atoms with Crippen LogP contribution in [0.1, 0.15) is 22.3 Å². The maximum atomic E-state index is 8.74. The summed E-state index contributed by atoms with van der Waals surface area (Å²) in [5.74, 6) is 6.29. The normalized spacial score (nSPS) is 10.1. The minimum absolute atomic E-state index is 0.473. The largest absolute Gasteiger partial charge is 0.411 e. The summed E-state index contributed by atoms with van der Waals surface area (Å²) in [6, 6.07) is 0. The second-order valence-corrected chi connectivity index (χ2v) is 3.37. The van der Waals surface area contributed by atoms with Crippen LogP contribution in [0.5, 0.6) is 11.5 Å². The standard InChI is InChI=1S/C10H15NO3/c1-5-7(3)10(14-12)8(4)6(2)9(5)13-11/h12H,11H2,1-4H3. The molecular formula is C10H15NO3. The van der Waals surface area contributed by atoms with Gasteiger partial charge >= 0.3 is 0 Å². The van der Waals surface area contributed by atoms with Gasteiger partial charge in [-0.3, -0.25) is 0 Å². The van der Waals surface area contributed by atoms with Gasteiger partial charge < -0.3 is 9.73 Å². The third kappa shape index (κ3) is 1.42. The zero-order valence-electron chi connectivity index (χ0n) is 8.84. The summed E-state index contributed by atoms with van der Waals surface area (Å²) in [7, 11) is 0. The lowest BCUT2D eigenvalue weighted by Crippen LogP contribution is -2.08. The van der Waals surface area contributed by atoms with Crippen LogP contribution in [-0.2, 0) is 0 Å². The lowest BCUT2D eigenvalue weighted by atomic mass is 9.98. The maximum Gasteiger partial charge on any atom is 0.171 e. The Bertz CT molecular complexity index is 297. The van der Waals surface area contributed by atoms with E-state index in [9.17, 15) is 0 Å². The molecule has 4 nitrogen and oxygen atoms in total. The first-order valence-corrected chi connectivity index (χ1v) is 4.33. The van der Waals surface area contributed by atoms with Crippen molar-refractivity contribution in [1.29, 1.82) is 0 Å². The van der Waals surface area contributed by atoms with E-state index >= 15 is 0 Å². The van der Waals surface area contributed by atoms with E-state index in [1.54, 1.807) is 0 Å². The molecule has 1 aromatic rings. The van der Waals surface area contributed by atoms with Crippen LogP contribution >= 0.6 is 0 Å². The summed E-state index contributed by atoms with van der Waals surface area (Å²) in [4.78, 5) is 9.14. The van der Waals surface area contributed by atoms with Gasteiger partial charge in [-0.2, -0.15) is 5.90 Å². The SMILES string of the molecule is Cc1c(C)c(OO)c(C)c(C)c1ON. The van der Waals surface area contributed by atoms with E-state index in [0.717, 1.165) is 22.3 Å². The smallest absolute Gasteiger partial charge is 0.171 e. The van der Waals surface area contributed by atoms with Gasteiger partial charge in [0.15, 0.2) is 11.5 Å². The van der Waals surface area contributed by atoms with Crippen molar-refractivity contribution in [2.45, 2.75) is 27.7 Å².